The first-order valence-corrected chi connectivity index (χ1v) is 9.82. The van der Waals surface area contributed by atoms with E-state index in [1.165, 1.54) is 0 Å². The Morgan fingerprint density at radius 1 is 1.30 bits per heavy atom. The third-order valence-electron chi connectivity index (χ3n) is 4.71. The van der Waals surface area contributed by atoms with Crippen molar-refractivity contribution in [1.29, 1.82) is 0 Å². The second-order valence-electron chi connectivity index (χ2n) is 8.01. The molecule has 7 heteroatoms. The minimum Gasteiger partial charge on any atom is -0.444 e. The summed E-state index contributed by atoms with van der Waals surface area (Å²) in [4.78, 5) is 22.6. The van der Waals surface area contributed by atoms with Crippen LogP contribution in [-0.4, -0.2) is 46.2 Å². The number of nitrogens with one attached hydrogen (secondary N) is 1. The smallest absolute Gasteiger partial charge is 0.410 e. The van der Waals surface area contributed by atoms with E-state index in [0.717, 1.165) is 55.6 Å². The van der Waals surface area contributed by atoms with Gasteiger partial charge in [-0.25, -0.2) is 14.8 Å². The Bertz CT molecular complexity index is 798. The first kappa shape index (κ1) is 19.7. The van der Waals surface area contributed by atoms with Crippen LogP contribution < -0.4 is 5.32 Å². The molecule has 2 heterocycles. The van der Waals surface area contributed by atoms with Crippen molar-refractivity contribution in [2.75, 3.05) is 25.0 Å². The van der Waals surface area contributed by atoms with Crippen LogP contribution in [0.15, 0.2) is 24.5 Å². The molecular weight excluding hydrogens is 364 g/mol. The van der Waals surface area contributed by atoms with Gasteiger partial charge in [-0.15, -0.1) is 0 Å². The number of nitrogens with zero attached hydrogens (tertiary/aromatic N) is 3. The van der Waals surface area contributed by atoms with E-state index < -0.39 is 5.60 Å². The van der Waals surface area contributed by atoms with E-state index in [2.05, 4.69) is 15.3 Å². The van der Waals surface area contributed by atoms with Gasteiger partial charge in [-0.05, 0) is 64.2 Å². The molecule has 0 atom stereocenters. The second-order valence-corrected chi connectivity index (χ2v) is 8.45. The second kappa shape index (κ2) is 8.30. The van der Waals surface area contributed by atoms with Gasteiger partial charge in [0, 0.05) is 30.0 Å². The number of carbonyl (C=O) groups excluding carboxylic acids is 1. The molecule has 0 saturated carbocycles. The first-order chi connectivity index (χ1) is 12.8. The van der Waals surface area contributed by atoms with E-state index in [1.54, 1.807) is 6.33 Å². The standard InChI is InChI=1S/C20H27ClN4O2/c1-20(2,3)27-19(26)25-10-7-14(8-11-25)6-9-22-18-16-5-4-15(21)12-17(16)23-13-24-18/h4-5,12-14H,6-11H2,1-3H3,(H,22,23,24). The molecule has 6 nitrogen and oxygen atoms in total. The average molecular weight is 391 g/mol. The minimum absolute atomic E-state index is 0.204. The van der Waals surface area contributed by atoms with Crippen LogP contribution in [0.1, 0.15) is 40.0 Å². The quantitative estimate of drug-likeness (QED) is 0.817. The summed E-state index contributed by atoms with van der Waals surface area (Å²) in [6, 6.07) is 5.64. The molecule has 1 aliphatic heterocycles. The molecule has 1 aliphatic rings. The van der Waals surface area contributed by atoms with Crippen LogP contribution in [0, 0.1) is 5.92 Å². The molecule has 1 saturated heterocycles. The maximum absolute atomic E-state index is 12.1. The number of anilines is 1. The highest BCUT2D eigenvalue weighted by atomic mass is 35.5. The summed E-state index contributed by atoms with van der Waals surface area (Å²) in [7, 11) is 0. The normalized spacial score (nSPS) is 15.8. The fourth-order valence-corrected chi connectivity index (χ4v) is 3.46. The zero-order valence-corrected chi connectivity index (χ0v) is 16.9. The summed E-state index contributed by atoms with van der Waals surface area (Å²) < 4.78 is 5.45. The van der Waals surface area contributed by atoms with Gasteiger partial charge in [-0.1, -0.05) is 11.6 Å². The van der Waals surface area contributed by atoms with Gasteiger partial charge in [0.25, 0.3) is 0 Å². The lowest BCUT2D eigenvalue weighted by Crippen LogP contribution is -2.41. The molecule has 0 bridgehead atoms. The lowest BCUT2D eigenvalue weighted by atomic mass is 9.94. The number of benzene rings is 1. The van der Waals surface area contributed by atoms with E-state index in [0.29, 0.717) is 10.9 Å². The van der Waals surface area contributed by atoms with Gasteiger partial charge in [0.2, 0.25) is 0 Å². The molecule has 146 valence electrons. The van der Waals surface area contributed by atoms with Gasteiger partial charge in [-0.2, -0.15) is 0 Å². The largest absolute Gasteiger partial charge is 0.444 e. The van der Waals surface area contributed by atoms with Crippen LogP contribution in [0.25, 0.3) is 10.9 Å². The SMILES string of the molecule is CC(C)(C)OC(=O)N1CCC(CCNc2ncnc3cc(Cl)ccc23)CC1. The van der Waals surface area contributed by atoms with Gasteiger partial charge in [0.05, 0.1) is 5.52 Å². The number of halogens is 1. The number of likely N-dealkylation sites (tertiary alicyclic amines) is 1. The van der Waals surface area contributed by atoms with Crippen molar-refractivity contribution in [3.05, 3.63) is 29.5 Å². The van der Waals surface area contributed by atoms with Crippen molar-refractivity contribution >= 4 is 34.4 Å². The predicted molar refractivity (Wildman–Crippen MR) is 108 cm³/mol. The zero-order valence-electron chi connectivity index (χ0n) is 16.2. The maximum atomic E-state index is 12.1. The molecular formula is C20H27ClN4O2. The highest BCUT2D eigenvalue weighted by molar-refractivity contribution is 6.31. The van der Waals surface area contributed by atoms with Crippen molar-refractivity contribution < 1.29 is 9.53 Å². The van der Waals surface area contributed by atoms with Gasteiger partial charge >= 0.3 is 6.09 Å². The molecule has 1 amide bonds. The molecule has 1 aromatic heterocycles. The number of carbonyl (C=O) groups is 1. The van der Waals surface area contributed by atoms with Crippen LogP contribution in [0.5, 0.6) is 0 Å². The van der Waals surface area contributed by atoms with Crippen molar-refractivity contribution in [2.24, 2.45) is 5.92 Å². The summed E-state index contributed by atoms with van der Waals surface area (Å²) in [5.41, 5.74) is 0.397. The molecule has 2 aromatic rings. The summed E-state index contributed by atoms with van der Waals surface area (Å²) >= 11 is 6.03. The third-order valence-corrected chi connectivity index (χ3v) is 4.94. The van der Waals surface area contributed by atoms with Gasteiger partial charge in [0.1, 0.15) is 17.7 Å². The number of aromatic nitrogens is 2. The van der Waals surface area contributed by atoms with E-state index in [1.807, 2.05) is 43.9 Å². The molecule has 0 aliphatic carbocycles. The van der Waals surface area contributed by atoms with Crippen molar-refractivity contribution in [1.82, 2.24) is 14.9 Å². The van der Waals surface area contributed by atoms with Gasteiger partial charge in [0.15, 0.2) is 0 Å². The summed E-state index contributed by atoms with van der Waals surface area (Å²) in [5.74, 6) is 1.43. The maximum Gasteiger partial charge on any atom is 0.410 e. The van der Waals surface area contributed by atoms with E-state index in [9.17, 15) is 4.79 Å². The molecule has 3 rings (SSSR count). The zero-order chi connectivity index (χ0) is 19.4. The Morgan fingerprint density at radius 3 is 2.74 bits per heavy atom. The van der Waals surface area contributed by atoms with Crippen LogP contribution in [-0.2, 0) is 4.74 Å². The molecule has 1 fully saturated rings. The van der Waals surface area contributed by atoms with Crippen LogP contribution >= 0.6 is 11.6 Å². The average Bonchev–Trinajstić information content (AvgIpc) is 2.60. The predicted octanol–water partition coefficient (Wildman–Crippen LogP) is 4.73. The molecule has 0 unspecified atom stereocenters. The fraction of sp³-hybridized carbons (Fsp3) is 0.550. The number of fused-ring (bicyclic) bond motifs is 1. The molecule has 27 heavy (non-hydrogen) atoms. The lowest BCUT2D eigenvalue weighted by Gasteiger charge is -2.33. The Balaban J connectivity index is 1.47. The monoisotopic (exact) mass is 390 g/mol. The number of rotatable bonds is 4. The van der Waals surface area contributed by atoms with Gasteiger partial charge in [-0.3, -0.25) is 0 Å². The van der Waals surface area contributed by atoms with Crippen LogP contribution in [0.2, 0.25) is 5.02 Å². The Labute approximate surface area is 165 Å². The lowest BCUT2D eigenvalue weighted by molar-refractivity contribution is 0.0182. The number of piperidine rings is 1. The Kier molecular flexibility index (Phi) is 6.05. The minimum atomic E-state index is -0.442. The number of hydrogen-bond acceptors (Lipinski definition) is 5. The van der Waals surface area contributed by atoms with E-state index in [4.69, 9.17) is 16.3 Å². The number of ether oxygens (including phenoxy) is 1. The summed E-state index contributed by atoms with van der Waals surface area (Å²) in [6.07, 6.45) is 4.40. The van der Waals surface area contributed by atoms with Crippen molar-refractivity contribution in [2.45, 2.75) is 45.6 Å². The Hall–Kier alpha value is -2.08. The van der Waals surface area contributed by atoms with E-state index >= 15 is 0 Å². The molecule has 0 radical (unpaired) electrons. The van der Waals surface area contributed by atoms with Crippen molar-refractivity contribution in [3.8, 4) is 0 Å². The van der Waals surface area contributed by atoms with Gasteiger partial charge < -0.3 is 15.0 Å². The molecule has 0 spiro atoms. The molecule has 1 N–H and O–H groups in total. The third kappa shape index (κ3) is 5.45. The molecule has 1 aromatic carbocycles. The number of hydrogen-bond donors (Lipinski definition) is 1. The van der Waals surface area contributed by atoms with E-state index in [-0.39, 0.29) is 6.09 Å². The van der Waals surface area contributed by atoms with Crippen LogP contribution in [0.3, 0.4) is 0 Å². The van der Waals surface area contributed by atoms with Crippen LogP contribution in [0.4, 0.5) is 10.6 Å². The highest BCUT2D eigenvalue weighted by Gasteiger charge is 2.26. The first-order valence-electron chi connectivity index (χ1n) is 9.44. The number of amides is 1. The Morgan fingerprint density at radius 2 is 2.04 bits per heavy atom. The summed E-state index contributed by atoms with van der Waals surface area (Å²) in [5, 5.41) is 5.06. The summed E-state index contributed by atoms with van der Waals surface area (Å²) in [6.45, 7) is 8.05. The highest BCUT2D eigenvalue weighted by Crippen LogP contribution is 2.25. The van der Waals surface area contributed by atoms with Crippen molar-refractivity contribution in [3.63, 3.8) is 0 Å². The fourth-order valence-electron chi connectivity index (χ4n) is 3.30. The topological polar surface area (TPSA) is 67.3 Å².